The summed E-state index contributed by atoms with van der Waals surface area (Å²) in [5, 5.41) is 0. The van der Waals surface area contributed by atoms with Crippen LogP contribution in [0, 0.1) is 0 Å². The van der Waals surface area contributed by atoms with Crippen molar-refractivity contribution in [2.75, 3.05) is 11.5 Å². The maximum Gasteiger partial charge on any atom is 0.158 e. The molecular weight excluding hydrogens is 172 g/mol. The van der Waals surface area contributed by atoms with E-state index >= 15 is 0 Å². The zero-order chi connectivity index (χ0) is 9.19. The fraction of sp³-hybridized carbons (Fsp3) is 0.333. The Balaban J connectivity index is 2.87. The number of allylic oxidation sites excluding steroid dienone is 3. The first kappa shape index (κ1) is 9.26. The first-order valence-electron chi connectivity index (χ1n) is 3.73. The predicted molar refractivity (Wildman–Crippen MR) is 50.7 cm³/mol. The van der Waals surface area contributed by atoms with Crippen LogP contribution >= 0.6 is 0 Å². The van der Waals surface area contributed by atoms with Gasteiger partial charge in [0.1, 0.15) is 0 Å². The molecule has 0 spiro atoms. The minimum absolute atomic E-state index is 0.184. The van der Waals surface area contributed by atoms with Crippen LogP contribution in [0.2, 0.25) is 0 Å². The van der Waals surface area contributed by atoms with E-state index in [0.717, 1.165) is 11.1 Å². The third-order valence-electron chi connectivity index (χ3n) is 1.79. The largest absolute Gasteiger partial charge is 0.228 e. The Labute approximate surface area is 73.2 Å². The van der Waals surface area contributed by atoms with Gasteiger partial charge in [-0.15, -0.1) is 0 Å². The van der Waals surface area contributed by atoms with Gasteiger partial charge >= 0.3 is 0 Å². The zero-order valence-corrected chi connectivity index (χ0v) is 7.89. The highest BCUT2D eigenvalue weighted by Gasteiger charge is 2.22. The number of rotatable bonds is 2. The lowest BCUT2D eigenvalue weighted by molar-refractivity contribution is 0.603. The standard InChI is InChI=1S/C9H12O2S/c1-3-4-5-9-7-12(10,11)6-8(9)2/h3-5H,1,6-7H2,2H3. The van der Waals surface area contributed by atoms with Crippen molar-refractivity contribution in [3.05, 3.63) is 36.0 Å². The van der Waals surface area contributed by atoms with Crippen molar-refractivity contribution in [3.8, 4) is 0 Å². The van der Waals surface area contributed by atoms with Gasteiger partial charge in [-0.1, -0.05) is 30.4 Å². The lowest BCUT2D eigenvalue weighted by Crippen LogP contribution is -2.02. The van der Waals surface area contributed by atoms with Gasteiger partial charge < -0.3 is 0 Å². The first-order valence-corrected chi connectivity index (χ1v) is 5.55. The molecule has 0 aliphatic carbocycles. The molecular formula is C9H12O2S. The summed E-state index contributed by atoms with van der Waals surface area (Å²) < 4.78 is 22.2. The van der Waals surface area contributed by atoms with Crippen molar-refractivity contribution in [1.82, 2.24) is 0 Å². The lowest BCUT2D eigenvalue weighted by atomic mass is 10.2. The third kappa shape index (κ3) is 2.08. The Morgan fingerprint density at radius 3 is 2.50 bits per heavy atom. The van der Waals surface area contributed by atoms with E-state index in [1.165, 1.54) is 0 Å². The topological polar surface area (TPSA) is 34.1 Å². The molecule has 0 radical (unpaired) electrons. The van der Waals surface area contributed by atoms with Crippen LogP contribution < -0.4 is 0 Å². The minimum atomic E-state index is -2.83. The van der Waals surface area contributed by atoms with Crippen LogP contribution in [0.1, 0.15) is 6.92 Å². The van der Waals surface area contributed by atoms with Crippen molar-refractivity contribution in [2.24, 2.45) is 0 Å². The molecule has 2 nitrogen and oxygen atoms in total. The Kier molecular flexibility index (Phi) is 2.52. The molecule has 1 rings (SSSR count). The molecule has 3 heteroatoms. The van der Waals surface area contributed by atoms with Crippen LogP contribution in [0.5, 0.6) is 0 Å². The van der Waals surface area contributed by atoms with Crippen LogP contribution in [-0.4, -0.2) is 19.9 Å². The quantitative estimate of drug-likeness (QED) is 0.609. The highest BCUT2D eigenvalue weighted by Crippen LogP contribution is 2.19. The van der Waals surface area contributed by atoms with Crippen molar-refractivity contribution in [1.29, 1.82) is 0 Å². The monoisotopic (exact) mass is 184 g/mol. The van der Waals surface area contributed by atoms with E-state index in [1.54, 1.807) is 12.2 Å². The summed E-state index contributed by atoms with van der Waals surface area (Å²) in [7, 11) is -2.83. The van der Waals surface area contributed by atoms with Gasteiger partial charge in [-0.2, -0.15) is 0 Å². The van der Waals surface area contributed by atoms with Crippen LogP contribution in [0.25, 0.3) is 0 Å². The van der Waals surface area contributed by atoms with Gasteiger partial charge in [0, 0.05) is 0 Å². The summed E-state index contributed by atoms with van der Waals surface area (Å²) in [6.07, 6.45) is 5.22. The second-order valence-electron chi connectivity index (χ2n) is 2.93. The van der Waals surface area contributed by atoms with E-state index in [4.69, 9.17) is 0 Å². The van der Waals surface area contributed by atoms with Gasteiger partial charge in [0.15, 0.2) is 9.84 Å². The molecule has 0 saturated carbocycles. The SMILES string of the molecule is C=CC=CC1=C(C)CS(=O)(=O)C1. The van der Waals surface area contributed by atoms with E-state index < -0.39 is 9.84 Å². The summed E-state index contributed by atoms with van der Waals surface area (Å²) in [4.78, 5) is 0. The van der Waals surface area contributed by atoms with E-state index in [1.807, 2.05) is 13.0 Å². The molecule has 1 heterocycles. The van der Waals surface area contributed by atoms with Crippen molar-refractivity contribution >= 4 is 9.84 Å². The molecule has 0 atom stereocenters. The van der Waals surface area contributed by atoms with E-state index in [0.29, 0.717) is 0 Å². The second kappa shape index (κ2) is 3.27. The van der Waals surface area contributed by atoms with Crippen molar-refractivity contribution < 1.29 is 8.42 Å². The molecule has 0 aromatic heterocycles. The Morgan fingerprint density at radius 1 is 1.42 bits per heavy atom. The van der Waals surface area contributed by atoms with E-state index in [2.05, 4.69) is 6.58 Å². The van der Waals surface area contributed by atoms with Gasteiger partial charge in [-0.25, -0.2) is 8.42 Å². The molecule has 0 N–H and O–H groups in total. The Hall–Kier alpha value is -0.830. The van der Waals surface area contributed by atoms with Crippen molar-refractivity contribution in [3.63, 3.8) is 0 Å². The smallest absolute Gasteiger partial charge is 0.158 e. The molecule has 0 saturated heterocycles. The average molecular weight is 184 g/mol. The molecule has 0 bridgehead atoms. The molecule has 0 amide bonds. The number of sulfone groups is 1. The van der Waals surface area contributed by atoms with Crippen molar-refractivity contribution in [2.45, 2.75) is 6.92 Å². The number of hydrogen-bond acceptors (Lipinski definition) is 2. The fourth-order valence-electron chi connectivity index (χ4n) is 1.21. The zero-order valence-electron chi connectivity index (χ0n) is 7.08. The molecule has 1 aliphatic heterocycles. The van der Waals surface area contributed by atoms with Crippen LogP contribution in [0.3, 0.4) is 0 Å². The maximum atomic E-state index is 11.1. The highest BCUT2D eigenvalue weighted by atomic mass is 32.2. The molecule has 66 valence electrons. The molecule has 12 heavy (non-hydrogen) atoms. The van der Waals surface area contributed by atoms with Gasteiger partial charge in [-0.05, 0) is 12.5 Å². The van der Waals surface area contributed by atoms with Gasteiger partial charge in [0.25, 0.3) is 0 Å². The molecule has 0 aromatic carbocycles. The molecule has 0 unspecified atom stereocenters. The molecule has 0 aromatic rings. The molecule has 1 aliphatic rings. The van der Waals surface area contributed by atoms with Gasteiger partial charge in [0.2, 0.25) is 0 Å². The molecule has 0 fully saturated rings. The normalized spacial score (nSPS) is 22.1. The third-order valence-corrected chi connectivity index (χ3v) is 3.42. The van der Waals surface area contributed by atoms with E-state index in [-0.39, 0.29) is 11.5 Å². The lowest BCUT2D eigenvalue weighted by Gasteiger charge is -1.90. The summed E-state index contributed by atoms with van der Waals surface area (Å²) >= 11 is 0. The Morgan fingerprint density at radius 2 is 2.08 bits per heavy atom. The summed E-state index contributed by atoms with van der Waals surface area (Å²) in [5.41, 5.74) is 1.86. The minimum Gasteiger partial charge on any atom is -0.228 e. The van der Waals surface area contributed by atoms with Gasteiger partial charge in [-0.3, -0.25) is 0 Å². The summed E-state index contributed by atoms with van der Waals surface area (Å²) in [6, 6.07) is 0. The summed E-state index contributed by atoms with van der Waals surface area (Å²) in [5.74, 6) is 0.396. The van der Waals surface area contributed by atoms with E-state index in [9.17, 15) is 8.42 Å². The number of hydrogen-bond donors (Lipinski definition) is 0. The first-order chi connectivity index (χ1) is 5.55. The maximum absolute atomic E-state index is 11.1. The fourth-order valence-corrected chi connectivity index (χ4v) is 2.97. The Bertz CT molecular complexity index is 345. The highest BCUT2D eigenvalue weighted by molar-refractivity contribution is 7.92. The van der Waals surface area contributed by atoms with Crippen LogP contribution in [0.15, 0.2) is 36.0 Å². The summed E-state index contributed by atoms with van der Waals surface area (Å²) in [6.45, 7) is 5.38. The van der Waals surface area contributed by atoms with Crippen LogP contribution in [0.4, 0.5) is 0 Å². The average Bonchev–Trinajstić information content (AvgIpc) is 2.20. The van der Waals surface area contributed by atoms with Crippen LogP contribution in [-0.2, 0) is 9.84 Å². The predicted octanol–water partition coefficient (Wildman–Crippen LogP) is 1.47. The second-order valence-corrected chi connectivity index (χ2v) is 5.00. The van der Waals surface area contributed by atoms with Gasteiger partial charge in [0.05, 0.1) is 11.5 Å².